The predicted molar refractivity (Wildman–Crippen MR) is 78.7 cm³/mol. The standard InChI is InChI=1S/C15H22N4O2/c20-15(14-12-21-9-4-17-14)19-7-5-18(6-8-19)11-13-2-1-3-16-10-13/h1-3,10,14,17H,4-9,11-12H2. The summed E-state index contributed by atoms with van der Waals surface area (Å²) in [5.74, 6) is 0.177. The number of nitrogens with zero attached hydrogens (tertiary/aromatic N) is 3. The van der Waals surface area contributed by atoms with E-state index in [2.05, 4.69) is 21.3 Å². The van der Waals surface area contributed by atoms with Crippen LogP contribution in [0.1, 0.15) is 5.56 Å². The van der Waals surface area contributed by atoms with E-state index in [0.717, 1.165) is 39.3 Å². The fraction of sp³-hybridized carbons (Fsp3) is 0.600. The zero-order valence-electron chi connectivity index (χ0n) is 12.2. The fourth-order valence-electron chi connectivity index (χ4n) is 2.82. The zero-order chi connectivity index (χ0) is 14.5. The highest BCUT2D eigenvalue weighted by Crippen LogP contribution is 2.09. The maximum atomic E-state index is 12.4. The van der Waals surface area contributed by atoms with Gasteiger partial charge in [0.15, 0.2) is 0 Å². The van der Waals surface area contributed by atoms with Gasteiger partial charge in [0.2, 0.25) is 5.91 Å². The first-order valence-corrected chi connectivity index (χ1v) is 7.54. The van der Waals surface area contributed by atoms with Gasteiger partial charge in [-0.05, 0) is 11.6 Å². The van der Waals surface area contributed by atoms with Gasteiger partial charge in [-0.25, -0.2) is 0 Å². The average Bonchev–Trinajstić information content (AvgIpc) is 2.57. The van der Waals surface area contributed by atoms with E-state index in [1.165, 1.54) is 5.56 Å². The highest BCUT2D eigenvalue weighted by molar-refractivity contribution is 5.82. The smallest absolute Gasteiger partial charge is 0.242 e. The number of carbonyl (C=O) groups excluding carboxylic acids is 1. The second kappa shape index (κ2) is 6.98. The van der Waals surface area contributed by atoms with Gasteiger partial charge in [0.05, 0.1) is 13.2 Å². The van der Waals surface area contributed by atoms with Gasteiger partial charge in [0.25, 0.3) is 0 Å². The summed E-state index contributed by atoms with van der Waals surface area (Å²) in [7, 11) is 0. The van der Waals surface area contributed by atoms with Crippen LogP contribution in [0.3, 0.4) is 0 Å². The van der Waals surface area contributed by atoms with Crippen molar-refractivity contribution in [1.29, 1.82) is 0 Å². The number of rotatable bonds is 3. The lowest BCUT2D eigenvalue weighted by atomic mass is 10.2. The number of piperazine rings is 1. The minimum absolute atomic E-state index is 0.163. The van der Waals surface area contributed by atoms with Crippen LogP contribution in [0.2, 0.25) is 0 Å². The molecule has 1 unspecified atom stereocenters. The predicted octanol–water partition coefficient (Wildman–Crippen LogP) is -0.286. The van der Waals surface area contributed by atoms with Crippen LogP contribution in [0, 0.1) is 0 Å². The van der Waals surface area contributed by atoms with Crippen LogP contribution >= 0.6 is 0 Å². The SMILES string of the molecule is O=C(C1COCCN1)N1CCN(Cc2cccnc2)CC1. The first kappa shape index (κ1) is 14.4. The van der Waals surface area contributed by atoms with Crippen LogP contribution in [-0.2, 0) is 16.1 Å². The van der Waals surface area contributed by atoms with E-state index in [1.807, 2.05) is 17.2 Å². The first-order valence-electron chi connectivity index (χ1n) is 7.54. The lowest BCUT2D eigenvalue weighted by molar-refractivity contribution is -0.138. The summed E-state index contributed by atoms with van der Waals surface area (Å²) >= 11 is 0. The lowest BCUT2D eigenvalue weighted by Crippen LogP contribution is -2.57. The molecule has 0 aliphatic carbocycles. The van der Waals surface area contributed by atoms with Gasteiger partial charge in [-0.15, -0.1) is 0 Å². The molecule has 2 aliphatic rings. The molecule has 1 aromatic rings. The molecule has 1 atom stereocenters. The van der Waals surface area contributed by atoms with Gasteiger partial charge in [-0.3, -0.25) is 14.7 Å². The number of amides is 1. The average molecular weight is 290 g/mol. The van der Waals surface area contributed by atoms with Crippen LogP contribution in [0.4, 0.5) is 0 Å². The van der Waals surface area contributed by atoms with Gasteiger partial charge in [0.1, 0.15) is 6.04 Å². The van der Waals surface area contributed by atoms with Gasteiger partial charge in [-0.2, -0.15) is 0 Å². The quantitative estimate of drug-likeness (QED) is 0.829. The van der Waals surface area contributed by atoms with E-state index in [0.29, 0.717) is 13.2 Å². The monoisotopic (exact) mass is 290 g/mol. The Labute approximate surface area is 125 Å². The number of carbonyl (C=O) groups is 1. The maximum Gasteiger partial charge on any atom is 0.242 e. The number of aromatic nitrogens is 1. The molecule has 3 rings (SSSR count). The van der Waals surface area contributed by atoms with Crippen molar-refractivity contribution in [2.24, 2.45) is 0 Å². The molecule has 3 heterocycles. The van der Waals surface area contributed by atoms with E-state index < -0.39 is 0 Å². The minimum Gasteiger partial charge on any atom is -0.378 e. The summed E-state index contributed by atoms with van der Waals surface area (Å²) in [5, 5.41) is 3.23. The van der Waals surface area contributed by atoms with Crippen molar-refractivity contribution < 1.29 is 9.53 Å². The second-order valence-electron chi connectivity index (χ2n) is 5.54. The number of nitrogens with one attached hydrogen (secondary N) is 1. The molecule has 1 N–H and O–H groups in total. The highest BCUT2D eigenvalue weighted by atomic mass is 16.5. The third-order valence-electron chi connectivity index (χ3n) is 4.03. The Balaban J connectivity index is 1.47. The second-order valence-corrected chi connectivity index (χ2v) is 5.54. The molecule has 0 aromatic carbocycles. The van der Waals surface area contributed by atoms with E-state index in [1.54, 1.807) is 6.20 Å². The van der Waals surface area contributed by atoms with Crippen molar-refractivity contribution in [3.63, 3.8) is 0 Å². The molecule has 0 spiro atoms. The Bertz CT molecular complexity index is 454. The molecule has 2 fully saturated rings. The van der Waals surface area contributed by atoms with E-state index in [-0.39, 0.29) is 11.9 Å². The molecule has 2 aliphatic heterocycles. The highest BCUT2D eigenvalue weighted by Gasteiger charge is 2.28. The molecule has 0 radical (unpaired) electrons. The number of pyridine rings is 1. The van der Waals surface area contributed by atoms with Gasteiger partial charge in [0, 0.05) is 51.7 Å². The summed E-state index contributed by atoms with van der Waals surface area (Å²) < 4.78 is 5.37. The summed E-state index contributed by atoms with van der Waals surface area (Å²) in [6, 6.07) is 3.89. The summed E-state index contributed by atoms with van der Waals surface area (Å²) in [6.45, 7) is 6.26. The number of hydrogen-bond donors (Lipinski definition) is 1. The Morgan fingerprint density at radius 3 is 2.90 bits per heavy atom. The number of hydrogen-bond acceptors (Lipinski definition) is 5. The molecule has 21 heavy (non-hydrogen) atoms. The third-order valence-corrected chi connectivity index (χ3v) is 4.03. The molecular weight excluding hydrogens is 268 g/mol. The Morgan fingerprint density at radius 2 is 2.24 bits per heavy atom. The summed E-state index contributed by atoms with van der Waals surface area (Å²) in [6.07, 6.45) is 3.69. The molecule has 1 amide bonds. The minimum atomic E-state index is -0.163. The third kappa shape index (κ3) is 3.78. The molecule has 114 valence electrons. The number of morpholine rings is 1. The Morgan fingerprint density at radius 1 is 1.38 bits per heavy atom. The van der Waals surface area contributed by atoms with Gasteiger partial charge < -0.3 is 15.0 Å². The van der Waals surface area contributed by atoms with Crippen molar-refractivity contribution in [2.75, 3.05) is 45.9 Å². The van der Waals surface area contributed by atoms with Crippen LogP contribution in [-0.4, -0.2) is 72.7 Å². The molecule has 2 saturated heterocycles. The van der Waals surface area contributed by atoms with E-state index in [9.17, 15) is 4.79 Å². The van der Waals surface area contributed by atoms with Crippen LogP contribution in [0.25, 0.3) is 0 Å². The largest absolute Gasteiger partial charge is 0.378 e. The van der Waals surface area contributed by atoms with Crippen molar-refractivity contribution in [3.8, 4) is 0 Å². The Kier molecular flexibility index (Phi) is 4.80. The molecule has 1 aromatic heterocycles. The van der Waals surface area contributed by atoms with Crippen molar-refractivity contribution in [3.05, 3.63) is 30.1 Å². The first-order chi connectivity index (χ1) is 10.3. The fourth-order valence-corrected chi connectivity index (χ4v) is 2.82. The molecule has 6 heteroatoms. The normalized spacial score (nSPS) is 24.0. The molecular formula is C15H22N4O2. The summed E-state index contributed by atoms with van der Waals surface area (Å²) in [5.41, 5.74) is 1.22. The lowest BCUT2D eigenvalue weighted by Gasteiger charge is -2.37. The Hall–Kier alpha value is -1.50. The molecule has 0 bridgehead atoms. The van der Waals surface area contributed by atoms with E-state index >= 15 is 0 Å². The van der Waals surface area contributed by atoms with Crippen molar-refractivity contribution in [1.82, 2.24) is 20.1 Å². The van der Waals surface area contributed by atoms with Crippen LogP contribution in [0.15, 0.2) is 24.5 Å². The summed E-state index contributed by atoms with van der Waals surface area (Å²) in [4.78, 5) is 20.8. The van der Waals surface area contributed by atoms with Gasteiger partial charge in [-0.1, -0.05) is 6.07 Å². The molecule has 0 saturated carbocycles. The van der Waals surface area contributed by atoms with E-state index in [4.69, 9.17) is 4.74 Å². The van der Waals surface area contributed by atoms with Crippen LogP contribution in [0.5, 0.6) is 0 Å². The number of ether oxygens (including phenoxy) is 1. The van der Waals surface area contributed by atoms with Crippen molar-refractivity contribution >= 4 is 5.91 Å². The van der Waals surface area contributed by atoms with Gasteiger partial charge >= 0.3 is 0 Å². The maximum absolute atomic E-state index is 12.4. The molecule has 6 nitrogen and oxygen atoms in total. The zero-order valence-corrected chi connectivity index (χ0v) is 12.2. The van der Waals surface area contributed by atoms with Crippen molar-refractivity contribution in [2.45, 2.75) is 12.6 Å². The van der Waals surface area contributed by atoms with Crippen LogP contribution < -0.4 is 5.32 Å². The topological polar surface area (TPSA) is 57.7 Å².